The van der Waals surface area contributed by atoms with Gasteiger partial charge in [-0.05, 0) is 55.5 Å². The van der Waals surface area contributed by atoms with Crippen molar-refractivity contribution >= 4 is 34.4 Å². The predicted molar refractivity (Wildman–Crippen MR) is 120 cm³/mol. The first-order valence-electron chi connectivity index (χ1n) is 9.47. The number of imidazole rings is 1. The third-order valence-electron chi connectivity index (χ3n) is 4.34. The summed E-state index contributed by atoms with van der Waals surface area (Å²) in [5.41, 5.74) is 3.10. The van der Waals surface area contributed by atoms with E-state index in [1.165, 1.54) is 0 Å². The molecule has 148 valence electrons. The fraction of sp³-hybridized carbons (Fsp3) is 0.174. The van der Waals surface area contributed by atoms with Crippen molar-refractivity contribution in [2.75, 3.05) is 19.0 Å². The highest BCUT2D eigenvalue weighted by Gasteiger charge is 2.13. The Kier molecular flexibility index (Phi) is 6.27. The van der Waals surface area contributed by atoms with Crippen molar-refractivity contribution in [2.24, 2.45) is 0 Å². The topological polar surface area (TPSA) is 36.3 Å². The van der Waals surface area contributed by atoms with E-state index in [1.807, 2.05) is 61.5 Å². The number of halogens is 1. The lowest BCUT2D eigenvalue weighted by molar-refractivity contribution is 0.340. The van der Waals surface area contributed by atoms with Crippen LogP contribution in [0.15, 0.2) is 78.0 Å². The molecule has 0 radical (unpaired) electrons. The van der Waals surface area contributed by atoms with Crippen LogP contribution in [-0.2, 0) is 0 Å². The lowest BCUT2D eigenvalue weighted by Gasteiger charge is -2.11. The van der Waals surface area contributed by atoms with E-state index < -0.39 is 0 Å². The van der Waals surface area contributed by atoms with E-state index in [0.717, 1.165) is 33.4 Å². The molecule has 0 unspecified atom stereocenters. The summed E-state index contributed by atoms with van der Waals surface area (Å²) in [6.45, 7) is 3.18. The Morgan fingerprint density at radius 3 is 2.48 bits per heavy atom. The maximum absolute atomic E-state index is 6.16. The molecule has 0 N–H and O–H groups in total. The normalized spacial score (nSPS) is 11.0. The van der Waals surface area contributed by atoms with Gasteiger partial charge in [0.05, 0.1) is 29.3 Å². The van der Waals surface area contributed by atoms with Crippen molar-refractivity contribution in [1.82, 2.24) is 9.55 Å². The summed E-state index contributed by atoms with van der Waals surface area (Å²) < 4.78 is 13.6. The van der Waals surface area contributed by atoms with Gasteiger partial charge in [-0.3, -0.25) is 4.57 Å². The van der Waals surface area contributed by atoms with E-state index in [4.69, 9.17) is 26.1 Å². The quantitative estimate of drug-likeness (QED) is 0.247. The van der Waals surface area contributed by atoms with Crippen LogP contribution in [0.3, 0.4) is 0 Å². The van der Waals surface area contributed by atoms with Crippen LogP contribution in [0.5, 0.6) is 11.5 Å². The zero-order valence-electron chi connectivity index (χ0n) is 16.0. The Balaban J connectivity index is 1.54. The van der Waals surface area contributed by atoms with Gasteiger partial charge in [0.25, 0.3) is 0 Å². The number of aromatic nitrogens is 2. The molecule has 0 amide bonds. The van der Waals surface area contributed by atoms with Gasteiger partial charge in [0.2, 0.25) is 0 Å². The molecule has 0 saturated carbocycles. The van der Waals surface area contributed by atoms with Gasteiger partial charge in [0.15, 0.2) is 5.16 Å². The van der Waals surface area contributed by atoms with E-state index in [9.17, 15) is 0 Å². The second-order valence-electron chi connectivity index (χ2n) is 6.27. The van der Waals surface area contributed by atoms with E-state index in [2.05, 4.69) is 22.8 Å². The molecule has 0 aliphatic rings. The highest BCUT2D eigenvalue weighted by molar-refractivity contribution is 7.99. The molecule has 4 rings (SSSR count). The molecule has 0 aliphatic carbocycles. The van der Waals surface area contributed by atoms with Crippen LogP contribution in [0.25, 0.3) is 16.7 Å². The van der Waals surface area contributed by atoms with Gasteiger partial charge >= 0.3 is 0 Å². The molecule has 0 aliphatic heterocycles. The molecule has 0 fully saturated rings. The van der Waals surface area contributed by atoms with Crippen LogP contribution < -0.4 is 9.47 Å². The molecule has 29 heavy (non-hydrogen) atoms. The molecule has 4 nitrogen and oxygen atoms in total. The molecule has 0 spiro atoms. The molecular weight excluding hydrogens is 404 g/mol. The molecule has 0 atom stereocenters. The number of hydrogen-bond donors (Lipinski definition) is 0. The van der Waals surface area contributed by atoms with Crippen LogP contribution in [0, 0.1) is 0 Å². The largest absolute Gasteiger partial charge is 0.494 e. The SMILES string of the molecule is CCOc1ccc(-n2c(SCCOc3ccccc3Cl)nc3ccccc32)cc1. The number of hydrogen-bond acceptors (Lipinski definition) is 4. The summed E-state index contributed by atoms with van der Waals surface area (Å²) in [7, 11) is 0. The van der Waals surface area contributed by atoms with E-state index in [1.54, 1.807) is 11.8 Å². The van der Waals surface area contributed by atoms with Gasteiger partial charge in [-0.15, -0.1) is 0 Å². The van der Waals surface area contributed by atoms with Crippen molar-refractivity contribution < 1.29 is 9.47 Å². The minimum Gasteiger partial charge on any atom is -0.494 e. The summed E-state index contributed by atoms with van der Waals surface area (Å²) in [5.74, 6) is 2.32. The molecule has 6 heteroatoms. The Hall–Kier alpha value is -2.63. The summed E-state index contributed by atoms with van der Waals surface area (Å²) in [6, 6.07) is 23.8. The summed E-state index contributed by atoms with van der Waals surface area (Å²) in [4.78, 5) is 4.82. The first-order chi connectivity index (χ1) is 14.3. The Morgan fingerprint density at radius 2 is 1.69 bits per heavy atom. The average molecular weight is 425 g/mol. The Bertz CT molecular complexity index is 1100. The maximum Gasteiger partial charge on any atom is 0.173 e. The van der Waals surface area contributed by atoms with Gasteiger partial charge < -0.3 is 9.47 Å². The van der Waals surface area contributed by atoms with E-state index >= 15 is 0 Å². The standard InChI is InChI=1S/C23H21ClN2O2S/c1-2-27-18-13-11-17(12-14-18)26-21-9-5-4-8-20(21)25-23(26)29-16-15-28-22-10-6-3-7-19(22)24/h3-14H,2,15-16H2,1H3. The second-order valence-corrected chi connectivity index (χ2v) is 7.74. The minimum atomic E-state index is 0.543. The number of ether oxygens (including phenoxy) is 2. The van der Waals surface area contributed by atoms with Gasteiger partial charge in [-0.25, -0.2) is 4.98 Å². The van der Waals surface area contributed by atoms with Crippen molar-refractivity contribution in [2.45, 2.75) is 12.1 Å². The van der Waals surface area contributed by atoms with Crippen LogP contribution >= 0.6 is 23.4 Å². The molecule has 1 heterocycles. The maximum atomic E-state index is 6.16. The lowest BCUT2D eigenvalue weighted by Crippen LogP contribution is -2.03. The molecule has 3 aromatic carbocycles. The monoisotopic (exact) mass is 424 g/mol. The number of nitrogens with zero attached hydrogens (tertiary/aromatic N) is 2. The number of benzene rings is 3. The lowest BCUT2D eigenvalue weighted by atomic mass is 10.2. The third-order valence-corrected chi connectivity index (χ3v) is 5.56. The molecule has 0 saturated heterocycles. The highest BCUT2D eigenvalue weighted by Crippen LogP contribution is 2.29. The summed E-state index contributed by atoms with van der Waals surface area (Å²) >= 11 is 7.82. The third kappa shape index (κ3) is 4.52. The summed E-state index contributed by atoms with van der Waals surface area (Å²) in [5, 5.41) is 1.55. The van der Waals surface area contributed by atoms with Gasteiger partial charge in [0, 0.05) is 11.4 Å². The Labute approximate surface area is 179 Å². The van der Waals surface area contributed by atoms with Crippen molar-refractivity contribution in [3.63, 3.8) is 0 Å². The van der Waals surface area contributed by atoms with Gasteiger partial charge in [0.1, 0.15) is 11.5 Å². The number of thioether (sulfide) groups is 1. The number of rotatable bonds is 8. The molecule has 1 aromatic heterocycles. The van der Waals surface area contributed by atoms with E-state index in [-0.39, 0.29) is 0 Å². The molecular formula is C23H21ClN2O2S. The van der Waals surface area contributed by atoms with Crippen LogP contribution in [0.4, 0.5) is 0 Å². The van der Waals surface area contributed by atoms with Gasteiger partial charge in [-0.1, -0.05) is 47.6 Å². The summed E-state index contributed by atoms with van der Waals surface area (Å²) in [6.07, 6.45) is 0. The van der Waals surface area contributed by atoms with Crippen molar-refractivity contribution in [3.8, 4) is 17.2 Å². The zero-order valence-corrected chi connectivity index (χ0v) is 17.6. The van der Waals surface area contributed by atoms with Crippen molar-refractivity contribution in [1.29, 1.82) is 0 Å². The fourth-order valence-electron chi connectivity index (χ4n) is 3.05. The minimum absolute atomic E-state index is 0.543. The predicted octanol–water partition coefficient (Wildman–Crippen LogP) is 6.25. The number of para-hydroxylation sites is 3. The fourth-order valence-corrected chi connectivity index (χ4v) is 4.09. The molecule has 4 aromatic rings. The average Bonchev–Trinajstić information content (AvgIpc) is 3.11. The zero-order chi connectivity index (χ0) is 20.1. The van der Waals surface area contributed by atoms with Crippen LogP contribution in [-0.4, -0.2) is 28.5 Å². The molecule has 0 bridgehead atoms. The second kappa shape index (κ2) is 9.25. The van der Waals surface area contributed by atoms with Crippen molar-refractivity contribution in [3.05, 3.63) is 77.8 Å². The van der Waals surface area contributed by atoms with Gasteiger partial charge in [-0.2, -0.15) is 0 Å². The van der Waals surface area contributed by atoms with Crippen LogP contribution in [0.2, 0.25) is 5.02 Å². The highest BCUT2D eigenvalue weighted by atomic mass is 35.5. The first kappa shape index (κ1) is 19.7. The smallest absolute Gasteiger partial charge is 0.173 e. The Morgan fingerprint density at radius 1 is 0.931 bits per heavy atom. The number of fused-ring (bicyclic) bond motifs is 1. The van der Waals surface area contributed by atoms with Crippen LogP contribution in [0.1, 0.15) is 6.92 Å². The van der Waals surface area contributed by atoms with E-state index in [0.29, 0.717) is 24.0 Å². The first-order valence-corrected chi connectivity index (χ1v) is 10.8.